The molecule has 3 atom stereocenters. The summed E-state index contributed by atoms with van der Waals surface area (Å²) in [7, 11) is 0. The molecule has 0 bridgehead atoms. The Morgan fingerprint density at radius 1 is 0.875 bits per heavy atom. The molecule has 1 aliphatic carbocycles. The highest BCUT2D eigenvalue weighted by Gasteiger charge is 2.45. The molecule has 1 fully saturated rings. The van der Waals surface area contributed by atoms with E-state index in [1.807, 2.05) is 12.1 Å². The fourth-order valence-corrected chi connectivity index (χ4v) is 5.35. The fourth-order valence-electron chi connectivity index (χ4n) is 5.35. The predicted octanol–water partition coefficient (Wildman–Crippen LogP) is 7.80. The second kappa shape index (κ2) is 11.9. The molecule has 0 aliphatic heterocycles. The number of alkyl halides is 3. The summed E-state index contributed by atoms with van der Waals surface area (Å²) in [5.41, 5.74) is 3.46. The van der Waals surface area contributed by atoms with Gasteiger partial charge in [-0.15, -0.1) is 0 Å². The van der Waals surface area contributed by atoms with E-state index in [-0.39, 0.29) is 12.3 Å². The summed E-state index contributed by atoms with van der Waals surface area (Å²) in [6.45, 7) is 6.56. The minimum Gasteiger partial charge on any atom is -0.300 e. The molecule has 0 saturated heterocycles. The molecule has 2 aromatic rings. The lowest BCUT2D eigenvalue weighted by Crippen LogP contribution is -2.36. The molecule has 2 aromatic carbocycles. The lowest BCUT2D eigenvalue weighted by atomic mass is 9.75. The summed E-state index contributed by atoms with van der Waals surface area (Å²) in [5, 5.41) is 0. The van der Waals surface area contributed by atoms with Gasteiger partial charge in [0.15, 0.2) is 0 Å². The van der Waals surface area contributed by atoms with E-state index in [1.165, 1.54) is 11.1 Å². The van der Waals surface area contributed by atoms with Gasteiger partial charge in [-0.05, 0) is 67.7 Å². The Morgan fingerprint density at radius 3 is 2.16 bits per heavy atom. The summed E-state index contributed by atoms with van der Waals surface area (Å²) in [5.74, 6) is -1.57. The van der Waals surface area contributed by atoms with Crippen LogP contribution < -0.4 is 0 Å². The molecule has 0 spiro atoms. The Balaban J connectivity index is 1.56. The largest absolute Gasteiger partial charge is 0.392 e. The van der Waals surface area contributed by atoms with E-state index in [9.17, 15) is 13.2 Å². The maximum atomic E-state index is 13.5. The van der Waals surface area contributed by atoms with Gasteiger partial charge in [-0.25, -0.2) is 0 Å². The van der Waals surface area contributed by atoms with Crippen LogP contribution in [-0.4, -0.2) is 30.2 Å². The predicted molar refractivity (Wildman–Crippen MR) is 127 cm³/mol. The molecular weight excluding hydrogens is 407 g/mol. The lowest BCUT2D eigenvalue weighted by Gasteiger charge is -2.33. The van der Waals surface area contributed by atoms with Crippen molar-refractivity contribution in [1.82, 2.24) is 4.90 Å². The lowest BCUT2D eigenvalue weighted by molar-refractivity contribution is -0.187. The molecule has 4 heteroatoms. The number of hydrogen-bond acceptors (Lipinski definition) is 1. The van der Waals surface area contributed by atoms with Crippen molar-refractivity contribution >= 4 is 0 Å². The molecule has 3 unspecified atom stereocenters. The van der Waals surface area contributed by atoms with Crippen LogP contribution >= 0.6 is 0 Å². The van der Waals surface area contributed by atoms with E-state index in [0.29, 0.717) is 18.9 Å². The summed E-state index contributed by atoms with van der Waals surface area (Å²) < 4.78 is 40.4. The van der Waals surface area contributed by atoms with Gasteiger partial charge >= 0.3 is 6.18 Å². The van der Waals surface area contributed by atoms with Gasteiger partial charge in [0.25, 0.3) is 0 Å². The highest BCUT2D eigenvalue weighted by atomic mass is 19.4. The topological polar surface area (TPSA) is 3.24 Å². The molecule has 0 aromatic heterocycles. The summed E-state index contributed by atoms with van der Waals surface area (Å²) in [6, 6.07) is 19.2. The Morgan fingerprint density at radius 2 is 1.53 bits per heavy atom. The number of rotatable bonds is 10. The zero-order valence-corrected chi connectivity index (χ0v) is 19.6. The molecule has 1 nitrogen and oxygen atoms in total. The van der Waals surface area contributed by atoms with Gasteiger partial charge in [0.2, 0.25) is 0 Å². The van der Waals surface area contributed by atoms with Gasteiger partial charge in [0, 0.05) is 12.6 Å². The van der Waals surface area contributed by atoms with Crippen LogP contribution in [0.3, 0.4) is 0 Å². The molecule has 0 amide bonds. The number of hydrogen-bond donors (Lipinski definition) is 0. The first-order chi connectivity index (χ1) is 15.4. The van der Waals surface area contributed by atoms with Crippen molar-refractivity contribution in [2.75, 3.05) is 13.1 Å². The molecule has 0 heterocycles. The highest BCUT2D eigenvalue weighted by Crippen LogP contribution is 2.46. The van der Waals surface area contributed by atoms with Gasteiger partial charge in [-0.3, -0.25) is 0 Å². The quantitative estimate of drug-likeness (QED) is 0.361. The highest BCUT2D eigenvalue weighted by molar-refractivity contribution is 5.27. The molecule has 32 heavy (non-hydrogen) atoms. The molecule has 0 radical (unpaired) electrons. The number of benzene rings is 2. The van der Waals surface area contributed by atoms with E-state index in [0.717, 1.165) is 50.8 Å². The molecule has 3 rings (SSSR count). The first-order valence-electron chi connectivity index (χ1n) is 12.4. The first-order valence-corrected chi connectivity index (χ1v) is 12.4. The SMILES string of the molecule is CCC(CCc1ccc(C2CCCCC2C(F)(F)F)cc1)N(CC)CCc1ccccc1. The van der Waals surface area contributed by atoms with Crippen LogP contribution in [0.2, 0.25) is 0 Å². The third kappa shape index (κ3) is 6.84. The average Bonchev–Trinajstić information content (AvgIpc) is 2.81. The molecule has 176 valence electrons. The number of halogens is 3. The van der Waals surface area contributed by atoms with Crippen molar-refractivity contribution in [3.63, 3.8) is 0 Å². The molecule has 1 aliphatic rings. The third-order valence-corrected chi connectivity index (χ3v) is 7.28. The van der Waals surface area contributed by atoms with Crippen molar-refractivity contribution in [1.29, 1.82) is 0 Å². The summed E-state index contributed by atoms with van der Waals surface area (Å²) >= 11 is 0. The van der Waals surface area contributed by atoms with Crippen LogP contribution in [0.1, 0.15) is 75.0 Å². The Bertz CT molecular complexity index is 785. The van der Waals surface area contributed by atoms with Crippen LogP contribution in [0, 0.1) is 5.92 Å². The van der Waals surface area contributed by atoms with Crippen LogP contribution in [0.5, 0.6) is 0 Å². The Labute approximate surface area is 192 Å². The molecule has 0 N–H and O–H groups in total. The van der Waals surface area contributed by atoms with Gasteiger partial charge in [0.1, 0.15) is 0 Å². The molecule has 1 saturated carbocycles. The summed E-state index contributed by atoms with van der Waals surface area (Å²) in [4.78, 5) is 2.57. The third-order valence-electron chi connectivity index (χ3n) is 7.28. The van der Waals surface area contributed by atoms with Crippen LogP contribution in [0.4, 0.5) is 13.2 Å². The zero-order valence-electron chi connectivity index (χ0n) is 19.6. The molecular formula is C28H38F3N. The van der Waals surface area contributed by atoms with Crippen LogP contribution in [-0.2, 0) is 12.8 Å². The smallest absolute Gasteiger partial charge is 0.300 e. The van der Waals surface area contributed by atoms with Crippen molar-refractivity contribution in [2.45, 2.75) is 83.4 Å². The standard InChI is InChI=1S/C28H38F3N/c1-3-25(32(4-2)21-20-22-10-6-5-7-11-22)19-16-23-14-17-24(18-15-23)26-12-8-9-13-27(26)28(29,30)31/h5-7,10-11,14-15,17-18,25-27H,3-4,8-9,12-13,16,19-21H2,1-2H3. The van der Waals surface area contributed by atoms with Crippen LogP contribution in [0.25, 0.3) is 0 Å². The minimum atomic E-state index is -4.10. The Hall–Kier alpha value is -1.81. The number of aryl methyl sites for hydroxylation is 1. The number of nitrogens with zero attached hydrogens (tertiary/aromatic N) is 1. The second-order valence-corrected chi connectivity index (χ2v) is 9.25. The zero-order chi connectivity index (χ0) is 23.0. The summed E-state index contributed by atoms with van der Waals surface area (Å²) in [6.07, 6.45) is 2.61. The van der Waals surface area contributed by atoms with E-state index >= 15 is 0 Å². The van der Waals surface area contributed by atoms with E-state index in [2.05, 4.69) is 61.2 Å². The van der Waals surface area contributed by atoms with Gasteiger partial charge in [-0.2, -0.15) is 13.2 Å². The maximum Gasteiger partial charge on any atom is 0.392 e. The minimum absolute atomic E-state index is 0.268. The van der Waals surface area contributed by atoms with Crippen molar-refractivity contribution in [3.8, 4) is 0 Å². The second-order valence-electron chi connectivity index (χ2n) is 9.25. The maximum absolute atomic E-state index is 13.5. The first kappa shape index (κ1) is 24.8. The van der Waals surface area contributed by atoms with E-state index < -0.39 is 12.1 Å². The number of likely N-dealkylation sites (N-methyl/N-ethyl adjacent to an activating group) is 1. The van der Waals surface area contributed by atoms with Gasteiger partial charge in [0.05, 0.1) is 5.92 Å². The van der Waals surface area contributed by atoms with Crippen molar-refractivity contribution in [2.24, 2.45) is 5.92 Å². The van der Waals surface area contributed by atoms with E-state index in [1.54, 1.807) is 0 Å². The Kier molecular flexibility index (Phi) is 9.22. The average molecular weight is 446 g/mol. The van der Waals surface area contributed by atoms with Crippen molar-refractivity contribution in [3.05, 3.63) is 71.3 Å². The monoisotopic (exact) mass is 445 g/mol. The van der Waals surface area contributed by atoms with E-state index in [4.69, 9.17) is 0 Å². The van der Waals surface area contributed by atoms with Gasteiger partial charge < -0.3 is 4.90 Å². The van der Waals surface area contributed by atoms with Gasteiger partial charge in [-0.1, -0.05) is 81.3 Å². The van der Waals surface area contributed by atoms with Crippen LogP contribution in [0.15, 0.2) is 54.6 Å². The van der Waals surface area contributed by atoms with Crippen molar-refractivity contribution < 1.29 is 13.2 Å². The fraction of sp³-hybridized carbons (Fsp3) is 0.571. The normalized spacial score (nSPS) is 20.4.